The maximum Gasteiger partial charge on any atom is 0.312 e. The van der Waals surface area contributed by atoms with E-state index in [9.17, 15) is 14.9 Å². The number of nitro benzene ring substituents is 1. The van der Waals surface area contributed by atoms with Crippen LogP contribution in [0, 0.1) is 10.1 Å². The minimum Gasteiger partial charge on any atom is -0.461 e. The number of benzene rings is 2. The molecule has 0 unspecified atom stereocenters. The molecule has 1 heterocycles. The van der Waals surface area contributed by atoms with Crippen LogP contribution >= 0.6 is 22.9 Å². The number of hydrogen-bond donors (Lipinski definition) is 0. The van der Waals surface area contributed by atoms with Crippen LogP contribution in [0.25, 0.3) is 10.6 Å². The molecule has 0 saturated heterocycles. The van der Waals surface area contributed by atoms with Crippen molar-refractivity contribution in [2.45, 2.75) is 13.0 Å². The van der Waals surface area contributed by atoms with Gasteiger partial charge >= 0.3 is 5.97 Å². The lowest BCUT2D eigenvalue weighted by Crippen LogP contribution is -2.08. The zero-order valence-electron chi connectivity index (χ0n) is 13.4. The van der Waals surface area contributed by atoms with Crippen molar-refractivity contribution in [1.29, 1.82) is 0 Å². The van der Waals surface area contributed by atoms with Crippen molar-refractivity contribution in [2.75, 3.05) is 0 Å². The van der Waals surface area contributed by atoms with Gasteiger partial charge in [0.05, 0.1) is 22.1 Å². The van der Waals surface area contributed by atoms with Crippen LogP contribution in [-0.4, -0.2) is 15.9 Å². The summed E-state index contributed by atoms with van der Waals surface area (Å²) in [7, 11) is 0. The number of nitrogens with zero attached hydrogens (tertiary/aromatic N) is 2. The highest BCUT2D eigenvalue weighted by Crippen LogP contribution is 2.30. The molecule has 0 aliphatic rings. The van der Waals surface area contributed by atoms with Crippen molar-refractivity contribution in [3.05, 3.63) is 80.3 Å². The molecule has 0 spiro atoms. The molecule has 6 nitrogen and oxygen atoms in total. The minimum absolute atomic E-state index is 0.0237. The quantitative estimate of drug-likeness (QED) is 0.348. The van der Waals surface area contributed by atoms with Gasteiger partial charge < -0.3 is 4.74 Å². The van der Waals surface area contributed by atoms with E-state index in [1.54, 1.807) is 23.6 Å². The zero-order chi connectivity index (χ0) is 18.5. The monoisotopic (exact) mass is 388 g/mol. The first kappa shape index (κ1) is 18.0. The number of ether oxygens (including phenoxy) is 1. The van der Waals surface area contributed by atoms with Crippen molar-refractivity contribution in [2.24, 2.45) is 0 Å². The van der Waals surface area contributed by atoms with Crippen molar-refractivity contribution in [1.82, 2.24) is 4.98 Å². The van der Waals surface area contributed by atoms with Crippen LogP contribution in [-0.2, 0) is 22.6 Å². The summed E-state index contributed by atoms with van der Waals surface area (Å²) in [6, 6.07) is 13.3. The first-order valence-corrected chi connectivity index (χ1v) is 8.87. The fraction of sp³-hybridized carbons (Fsp3) is 0.111. The first-order valence-electron chi connectivity index (χ1n) is 7.61. The Morgan fingerprint density at radius 1 is 1.23 bits per heavy atom. The van der Waals surface area contributed by atoms with Gasteiger partial charge in [-0.1, -0.05) is 41.9 Å². The molecule has 1 aromatic heterocycles. The van der Waals surface area contributed by atoms with E-state index < -0.39 is 10.9 Å². The lowest BCUT2D eigenvalue weighted by atomic mass is 10.2. The van der Waals surface area contributed by atoms with Crippen molar-refractivity contribution in [3.8, 4) is 10.6 Å². The van der Waals surface area contributed by atoms with Gasteiger partial charge in [-0.2, -0.15) is 0 Å². The highest BCUT2D eigenvalue weighted by Gasteiger charge is 2.13. The molecule has 0 aliphatic carbocycles. The Morgan fingerprint density at radius 3 is 2.81 bits per heavy atom. The first-order chi connectivity index (χ1) is 12.5. The van der Waals surface area contributed by atoms with Gasteiger partial charge in [-0.25, -0.2) is 4.98 Å². The highest BCUT2D eigenvalue weighted by atomic mass is 35.5. The molecule has 0 amide bonds. The van der Waals surface area contributed by atoms with E-state index in [0.717, 1.165) is 10.6 Å². The van der Waals surface area contributed by atoms with Gasteiger partial charge in [0.2, 0.25) is 0 Å². The standard InChI is InChI=1S/C18H13ClN2O4S/c19-16-7-2-1-6-15(16)18-20-13(11-26-18)9-17(22)25-10-12-4-3-5-14(8-12)21(23)24/h1-8,11H,9-10H2. The number of rotatable bonds is 6. The van der Waals surface area contributed by atoms with Gasteiger partial charge in [0.15, 0.2) is 0 Å². The number of nitro groups is 1. The van der Waals surface area contributed by atoms with E-state index in [1.807, 2.05) is 18.2 Å². The number of carbonyl (C=O) groups excluding carboxylic acids is 1. The molecule has 8 heteroatoms. The number of thiazole rings is 1. The Labute approximate surface area is 158 Å². The molecule has 26 heavy (non-hydrogen) atoms. The molecule has 0 aliphatic heterocycles. The second-order valence-corrected chi connectivity index (χ2v) is 6.65. The van der Waals surface area contributed by atoms with Crippen LogP contribution in [0.3, 0.4) is 0 Å². The van der Waals surface area contributed by atoms with E-state index in [0.29, 0.717) is 16.3 Å². The largest absolute Gasteiger partial charge is 0.461 e. The van der Waals surface area contributed by atoms with Crippen LogP contribution in [0.4, 0.5) is 5.69 Å². The van der Waals surface area contributed by atoms with Gasteiger partial charge in [0.25, 0.3) is 5.69 Å². The molecule has 0 saturated carbocycles. The van der Waals surface area contributed by atoms with Crippen molar-refractivity contribution >= 4 is 34.6 Å². The van der Waals surface area contributed by atoms with Gasteiger partial charge in [-0.15, -0.1) is 11.3 Å². The summed E-state index contributed by atoms with van der Waals surface area (Å²) < 4.78 is 5.18. The number of carbonyl (C=O) groups is 1. The summed E-state index contributed by atoms with van der Waals surface area (Å²) in [5.74, 6) is -0.451. The lowest BCUT2D eigenvalue weighted by molar-refractivity contribution is -0.384. The fourth-order valence-electron chi connectivity index (χ4n) is 2.27. The Kier molecular flexibility index (Phi) is 5.60. The molecule has 0 radical (unpaired) electrons. The Morgan fingerprint density at radius 2 is 2.04 bits per heavy atom. The molecule has 3 aromatic rings. The SMILES string of the molecule is O=C(Cc1csc(-c2ccccc2Cl)n1)OCc1cccc([N+](=O)[O-])c1. The van der Waals surface area contributed by atoms with E-state index >= 15 is 0 Å². The number of hydrogen-bond acceptors (Lipinski definition) is 6. The van der Waals surface area contributed by atoms with Gasteiger partial charge in [0, 0.05) is 23.1 Å². The average molecular weight is 389 g/mol. The third-order valence-corrected chi connectivity index (χ3v) is 4.76. The van der Waals surface area contributed by atoms with Gasteiger partial charge in [-0.05, 0) is 11.6 Å². The van der Waals surface area contributed by atoms with Crippen LogP contribution in [0.15, 0.2) is 53.9 Å². The summed E-state index contributed by atoms with van der Waals surface area (Å²) in [4.78, 5) is 26.7. The lowest BCUT2D eigenvalue weighted by Gasteiger charge is -2.04. The normalized spacial score (nSPS) is 10.5. The highest BCUT2D eigenvalue weighted by molar-refractivity contribution is 7.13. The van der Waals surface area contributed by atoms with E-state index in [4.69, 9.17) is 16.3 Å². The number of aromatic nitrogens is 1. The average Bonchev–Trinajstić information content (AvgIpc) is 3.08. The Balaban J connectivity index is 1.60. The van der Waals surface area contributed by atoms with E-state index in [2.05, 4.69) is 4.98 Å². The molecule has 0 atom stereocenters. The molecule has 2 aromatic carbocycles. The number of halogens is 1. The van der Waals surface area contributed by atoms with Crippen LogP contribution in [0.1, 0.15) is 11.3 Å². The van der Waals surface area contributed by atoms with Crippen LogP contribution < -0.4 is 0 Å². The molecule has 132 valence electrons. The third-order valence-electron chi connectivity index (χ3n) is 3.50. The molecular weight excluding hydrogens is 376 g/mol. The van der Waals surface area contributed by atoms with Crippen molar-refractivity contribution < 1.29 is 14.5 Å². The summed E-state index contributed by atoms with van der Waals surface area (Å²) in [5, 5.41) is 13.9. The predicted molar refractivity (Wildman–Crippen MR) is 99.2 cm³/mol. The zero-order valence-corrected chi connectivity index (χ0v) is 15.0. The summed E-state index contributed by atoms with van der Waals surface area (Å²) >= 11 is 7.55. The molecule has 0 N–H and O–H groups in total. The third kappa shape index (κ3) is 4.44. The van der Waals surface area contributed by atoms with Crippen LogP contribution in [0.5, 0.6) is 0 Å². The summed E-state index contributed by atoms with van der Waals surface area (Å²) in [6.07, 6.45) is 0.0237. The van der Waals surface area contributed by atoms with Gasteiger partial charge in [0.1, 0.15) is 11.6 Å². The Bertz CT molecular complexity index is 958. The fourth-order valence-corrected chi connectivity index (χ4v) is 3.41. The number of esters is 1. The number of non-ortho nitro benzene ring substituents is 1. The van der Waals surface area contributed by atoms with E-state index in [-0.39, 0.29) is 18.7 Å². The maximum atomic E-state index is 12.0. The molecule has 0 bridgehead atoms. The predicted octanol–water partition coefficient (Wildman–Crippen LogP) is 4.66. The minimum atomic E-state index is -0.489. The Hall–Kier alpha value is -2.77. The van der Waals surface area contributed by atoms with Gasteiger partial charge in [-0.3, -0.25) is 14.9 Å². The smallest absolute Gasteiger partial charge is 0.312 e. The molecular formula is C18H13ClN2O4S. The topological polar surface area (TPSA) is 82.3 Å². The molecule has 0 fully saturated rings. The maximum absolute atomic E-state index is 12.0. The molecule has 3 rings (SSSR count). The summed E-state index contributed by atoms with van der Waals surface area (Å²) in [6.45, 7) is -0.0258. The van der Waals surface area contributed by atoms with Crippen molar-refractivity contribution in [3.63, 3.8) is 0 Å². The second-order valence-electron chi connectivity index (χ2n) is 5.39. The van der Waals surface area contributed by atoms with E-state index in [1.165, 1.54) is 23.5 Å². The second kappa shape index (κ2) is 8.07. The van der Waals surface area contributed by atoms with Crippen LogP contribution in [0.2, 0.25) is 5.02 Å². The summed E-state index contributed by atoms with van der Waals surface area (Å²) in [5.41, 5.74) is 1.93.